The zero-order chi connectivity index (χ0) is 14.3. The molecule has 0 unspecified atom stereocenters. The minimum Gasteiger partial charge on any atom is -0.309 e. The van der Waals surface area contributed by atoms with Crippen molar-refractivity contribution in [3.8, 4) is 0 Å². The first kappa shape index (κ1) is 13.6. The Kier molecular flexibility index (Phi) is 3.32. The van der Waals surface area contributed by atoms with E-state index in [1.165, 1.54) is 5.56 Å². The van der Waals surface area contributed by atoms with Crippen LogP contribution in [0.2, 0.25) is 0 Å². The van der Waals surface area contributed by atoms with Crippen LogP contribution in [0.25, 0.3) is 0 Å². The Labute approximate surface area is 119 Å². The Balaban J connectivity index is 1.91. The van der Waals surface area contributed by atoms with E-state index in [0.717, 1.165) is 18.5 Å². The number of hydrogen-bond acceptors (Lipinski definition) is 3. The number of nitrogens with zero attached hydrogens (tertiary/aromatic N) is 1. The Bertz CT molecular complexity index is 638. The molecule has 108 valence electrons. The first-order valence-corrected chi connectivity index (χ1v) is 8.91. The van der Waals surface area contributed by atoms with Gasteiger partial charge in [0.15, 0.2) is 9.84 Å². The van der Waals surface area contributed by atoms with Gasteiger partial charge in [-0.1, -0.05) is 18.2 Å². The van der Waals surface area contributed by atoms with Crippen molar-refractivity contribution in [2.75, 3.05) is 16.4 Å². The maximum Gasteiger partial charge on any atom is 0.231 e. The molecule has 0 spiro atoms. The molecule has 2 aliphatic heterocycles. The van der Waals surface area contributed by atoms with Crippen molar-refractivity contribution in [2.24, 2.45) is 5.92 Å². The lowest BCUT2D eigenvalue weighted by molar-refractivity contribution is -0.122. The molecule has 0 bridgehead atoms. The molecule has 1 saturated heterocycles. The lowest BCUT2D eigenvalue weighted by atomic mass is 9.94. The summed E-state index contributed by atoms with van der Waals surface area (Å²) in [4.78, 5) is 14.5. The molecule has 2 atom stereocenters. The predicted octanol–water partition coefficient (Wildman–Crippen LogP) is 1.79. The molecule has 2 aliphatic rings. The average molecular weight is 293 g/mol. The third-order valence-electron chi connectivity index (χ3n) is 4.34. The molecule has 1 aromatic carbocycles. The van der Waals surface area contributed by atoms with Gasteiger partial charge in [0.25, 0.3) is 0 Å². The van der Waals surface area contributed by atoms with Crippen molar-refractivity contribution in [3.63, 3.8) is 0 Å². The van der Waals surface area contributed by atoms with E-state index in [4.69, 9.17) is 0 Å². The van der Waals surface area contributed by atoms with Crippen molar-refractivity contribution in [2.45, 2.75) is 32.2 Å². The predicted molar refractivity (Wildman–Crippen MR) is 78.5 cm³/mol. The maximum atomic E-state index is 12.7. The second kappa shape index (κ2) is 4.88. The van der Waals surface area contributed by atoms with Crippen LogP contribution in [0.5, 0.6) is 0 Å². The first-order chi connectivity index (χ1) is 9.48. The molecular formula is C15H19NO3S. The summed E-state index contributed by atoms with van der Waals surface area (Å²) in [5.41, 5.74) is 2.14. The molecule has 2 heterocycles. The van der Waals surface area contributed by atoms with Gasteiger partial charge < -0.3 is 4.90 Å². The number of sulfone groups is 1. The molecule has 1 fully saturated rings. The van der Waals surface area contributed by atoms with Gasteiger partial charge in [-0.3, -0.25) is 4.79 Å². The average Bonchev–Trinajstić information content (AvgIpc) is 2.78. The van der Waals surface area contributed by atoms with Crippen LogP contribution in [0.1, 0.15) is 25.3 Å². The fraction of sp³-hybridized carbons (Fsp3) is 0.533. The molecule has 0 aliphatic carbocycles. The summed E-state index contributed by atoms with van der Waals surface area (Å²) in [5.74, 6) is -0.232. The van der Waals surface area contributed by atoms with Gasteiger partial charge in [0.05, 0.1) is 17.4 Å². The third kappa shape index (κ3) is 2.35. The monoisotopic (exact) mass is 293 g/mol. The minimum absolute atomic E-state index is 0.0111. The summed E-state index contributed by atoms with van der Waals surface area (Å²) in [5, 5.41) is 0. The number of anilines is 1. The fourth-order valence-corrected chi connectivity index (χ4v) is 4.94. The van der Waals surface area contributed by atoms with Crippen LogP contribution in [0.15, 0.2) is 24.3 Å². The molecule has 0 radical (unpaired) electrons. The zero-order valence-corrected chi connectivity index (χ0v) is 12.4. The molecule has 5 heteroatoms. The second-order valence-corrected chi connectivity index (χ2v) is 8.05. The lowest BCUT2D eigenvalue weighted by Gasteiger charge is -2.36. The summed E-state index contributed by atoms with van der Waals surface area (Å²) >= 11 is 0. The van der Waals surface area contributed by atoms with Gasteiger partial charge >= 0.3 is 0 Å². The third-order valence-corrected chi connectivity index (χ3v) is 6.11. The quantitative estimate of drug-likeness (QED) is 0.793. The summed E-state index contributed by atoms with van der Waals surface area (Å²) in [7, 11) is -3.02. The van der Waals surface area contributed by atoms with Crippen molar-refractivity contribution in [1.29, 1.82) is 0 Å². The topological polar surface area (TPSA) is 54.5 Å². The van der Waals surface area contributed by atoms with Gasteiger partial charge in [-0.2, -0.15) is 0 Å². The first-order valence-electron chi connectivity index (χ1n) is 7.09. The highest BCUT2D eigenvalue weighted by Gasteiger charge is 2.38. The Morgan fingerprint density at radius 2 is 2.00 bits per heavy atom. The number of amides is 1. The number of carbonyl (C=O) groups excluding carboxylic acids is 1. The maximum absolute atomic E-state index is 12.7. The molecule has 0 aromatic heterocycles. The lowest BCUT2D eigenvalue weighted by Crippen LogP contribution is -2.45. The fourth-order valence-electron chi connectivity index (χ4n) is 3.21. The van der Waals surface area contributed by atoms with Crippen molar-refractivity contribution in [1.82, 2.24) is 0 Å². The Hall–Kier alpha value is -1.36. The standard InChI is InChI=1S/C15H19NO3S/c1-11-6-7-12-4-2-3-5-14(12)16(11)15(17)13-8-9-20(18,19)10-13/h2-5,11,13H,6-10H2,1H3/t11-,13+/m0/s1. The SMILES string of the molecule is C[C@H]1CCc2ccccc2N1C(=O)[C@@H]1CCS(=O)(=O)C1. The number of carbonyl (C=O) groups is 1. The van der Waals surface area contributed by atoms with Gasteiger partial charge in [-0.25, -0.2) is 8.42 Å². The van der Waals surface area contributed by atoms with E-state index >= 15 is 0 Å². The van der Waals surface area contributed by atoms with E-state index in [-0.39, 0.29) is 29.4 Å². The summed E-state index contributed by atoms with van der Waals surface area (Å²) in [6.45, 7) is 2.04. The number of fused-ring (bicyclic) bond motifs is 1. The van der Waals surface area contributed by atoms with Crippen LogP contribution >= 0.6 is 0 Å². The van der Waals surface area contributed by atoms with Crippen LogP contribution in [0, 0.1) is 5.92 Å². The number of aryl methyl sites for hydroxylation is 1. The van der Waals surface area contributed by atoms with Crippen molar-refractivity contribution >= 4 is 21.4 Å². The number of rotatable bonds is 1. The molecule has 0 saturated carbocycles. The van der Waals surface area contributed by atoms with Crippen LogP contribution in [-0.4, -0.2) is 31.9 Å². The summed E-state index contributed by atoms with van der Waals surface area (Å²) < 4.78 is 23.2. The Morgan fingerprint density at radius 1 is 1.25 bits per heavy atom. The van der Waals surface area contributed by atoms with Crippen LogP contribution < -0.4 is 4.90 Å². The number of benzene rings is 1. The highest BCUT2D eigenvalue weighted by molar-refractivity contribution is 7.91. The van der Waals surface area contributed by atoms with Gasteiger partial charge in [-0.15, -0.1) is 0 Å². The molecular weight excluding hydrogens is 274 g/mol. The van der Waals surface area contributed by atoms with E-state index in [1.54, 1.807) is 0 Å². The van der Waals surface area contributed by atoms with E-state index < -0.39 is 9.84 Å². The summed E-state index contributed by atoms with van der Waals surface area (Å²) in [6.07, 6.45) is 2.37. The van der Waals surface area contributed by atoms with Crippen LogP contribution in [0.4, 0.5) is 5.69 Å². The van der Waals surface area contributed by atoms with E-state index in [2.05, 4.69) is 0 Å². The zero-order valence-electron chi connectivity index (χ0n) is 11.6. The van der Waals surface area contributed by atoms with Gasteiger partial charge in [-0.05, 0) is 37.8 Å². The van der Waals surface area contributed by atoms with Gasteiger partial charge in [0.2, 0.25) is 5.91 Å². The van der Waals surface area contributed by atoms with E-state index in [1.807, 2.05) is 36.1 Å². The minimum atomic E-state index is -3.02. The Morgan fingerprint density at radius 3 is 2.70 bits per heavy atom. The normalized spacial score (nSPS) is 28.1. The highest BCUT2D eigenvalue weighted by atomic mass is 32.2. The smallest absolute Gasteiger partial charge is 0.231 e. The highest BCUT2D eigenvalue weighted by Crippen LogP contribution is 2.33. The van der Waals surface area contributed by atoms with Crippen LogP contribution in [-0.2, 0) is 21.1 Å². The number of para-hydroxylation sites is 1. The molecule has 20 heavy (non-hydrogen) atoms. The molecule has 1 aromatic rings. The second-order valence-electron chi connectivity index (χ2n) is 5.82. The van der Waals surface area contributed by atoms with Gasteiger partial charge in [0, 0.05) is 11.7 Å². The summed E-state index contributed by atoms with van der Waals surface area (Å²) in [6, 6.07) is 8.07. The van der Waals surface area contributed by atoms with Gasteiger partial charge in [0.1, 0.15) is 0 Å². The van der Waals surface area contributed by atoms with Crippen LogP contribution in [0.3, 0.4) is 0 Å². The van der Waals surface area contributed by atoms with Crippen molar-refractivity contribution in [3.05, 3.63) is 29.8 Å². The van der Waals surface area contributed by atoms with E-state index in [9.17, 15) is 13.2 Å². The van der Waals surface area contributed by atoms with E-state index in [0.29, 0.717) is 6.42 Å². The molecule has 0 N–H and O–H groups in total. The molecule has 1 amide bonds. The van der Waals surface area contributed by atoms with Crippen molar-refractivity contribution < 1.29 is 13.2 Å². The number of hydrogen-bond donors (Lipinski definition) is 0. The largest absolute Gasteiger partial charge is 0.309 e. The molecule has 3 rings (SSSR count). The molecule has 4 nitrogen and oxygen atoms in total.